The van der Waals surface area contributed by atoms with Crippen molar-refractivity contribution in [1.29, 1.82) is 0 Å². The second-order valence-electron chi connectivity index (χ2n) is 15.9. The Morgan fingerprint density at radius 1 is 0.880 bits per heavy atom. The largest absolute Gasteiger partial charge is 0.458 e. The van der Waals surface area contributed by atoms with Gasteiger partial charge in [0.05, 0.1) is 6.04 Å². The molecule has 4 amide bonds. The smallest absolute Gasteiger partial charge is 0.437 e. The normalized spacial score (nSPS) is 24.3. The number of hydrogen-bond acceptors (Lipinski definition) is 12. The minimum absolute atomic E-state index is 0.0222. The van der Waals surface area contributed by atoms with Gasteiger partial charge in [-0.15, -0.1) is 4.99 Å². The first-order valence-corrected chi connectivity index (χ1v) is 16.1. The van der Waals surface area contributed by atoms with Crippen molar-refractivity contribution in [2.24, 2.45) is 15.1 Å². The van der Waals surface area contributed by atoms with Gasteiger partial charge in [0, 0.05) is 31.3 Å². The molecule has 19 nitrogen and oxygen atoms in total. The summed E-state index contributed by atoms with van der Waals surface area (Å²) in [5.74, 6) is -1.49. The highest BCUT2D eigenvalue weighted by Gasteiger charge is 2.73. The predicted octanol–water partition coefficient (Wildman–Crippen LogP) is 5.04. The molecule has 3 aliphatic heterocycles. The highest BCUT2D eigenvalue weighted by Crippen LogP contribution is 2.49. The quantitative estimate of drug-likeness (QED) is 0.134. The standard InChI is InChI=1S/C31H49N9O10/c1-17(41)46-19-14-15-38-22(36-24(43)48-28(5,6)7)39(25(44)49-29(8,9)10)18(16-33-37-32)20-31(19,38)40(26(45)50-30(11,12)13)21(34-20)35-23(42)47-27(2,3)4/h18-20H,14-16H2,1-13H3,(H,34,35,42)/t18-,19-,20-,31-/m0/s1. The zero-order valence-electron chi connectivity index (χ0n) is 31.0. The van der Waals surface area contributed by atoms with Crippen LogP contribution in [0.25, 0.3) is 10.4 Å². The maximum atomic E-state index is 14.3. The minimum atomic E-state index is -1.95. The Kier molecular flexibility index (Phi) is 11.0. The molecule has 2 fully saturated rings. The fourth-order valence-corrected chi connectivity index (χ4v) is 5.74. The first-order valence-electron chi connectivity index (χ1n) is 16.1. The number of amides is 4. The molecular weight excluding hydrogens is 658 g/mol. The van der Waals surface area contributed by atoms with Crippen molar-refractivity contribution in [2.75, 3.05) is 13.1 Å². The molecule has 3 heterocycles. The molecule has 0 aromatic heterocycles. The van der Waals surface area contributed by atoms with Crippen molar-refractivity contribution in [3.05, 3.63) is 10.4 Å². The molecule has 0 saturated carbocycles. The minimum Gasteiger partial charge on any atom is -0.458 e. The number of alkyl carbamates (subject to hydrolysis) is 1. The Bertz CT molecular complexity index is 1500. The molecule has 19 heteroatoms. The van der Waals surface area contributed by atoms with Crippen LogP contribution in [0.5, 0.6) is 0 Å². The van der Waals surface area contributed by atoms with Crippen molar-refractivity contribution >= 4 is 42.3 Å². The summed E-state index contributed by atoms with van der Waals surface area (Å²) in [7, 11) is 0. The van der Waals surface area contributed by atoms with Gasteiger partial charge in [-0.2, -0.15) is 0 Å². The zero-order valence-corrected chi connectivity index (χ0v) is 31.0. The Labute approximate surface area is 291 Å². The fourth-order valence-electron chi connectivity index (χ4n) is 5.74. The number of nitrogens with zero attached hydrogens (tertiary/aromatic N) is 8. The van der Waals surface area contributed by atoms with Gasteiger partial charge in [0.15, 0.2) is 5.66 Å². The van der Waals surface area contributed by atoms with E-state index in [-0.39, 0.29) is 18.9 Å². The van der Waals surface area contributed by atoms with Crippen LogP contribution < -0.4 is 5.32 Å². The first-order chi connectivity index (χ1) is 22.7. The van der Waals surface area contributed by atoms with Crippen LogP contribution in [0, 0.1) is 0 Å². The molecule has 3 rings (SSSR count). The molecule has 2 saturated heterocycles. The second-order valence-corrected chi connectivity index (χ2v) is 15.9. The number of nitrogens with one attached hydrogen (secondary N) is 1. The topological polar surface area (TPSA) is 227 Å². The lowest BCUT2D eigenvalue weighted by Gasteiger charge is -2.55. The van der Waals surface area contributed by atoms with E-state index in [0.29, 0.717) is 0 Å². The van der Waals surface area contributed by atoms with Gasteiger partial charge in [-0.05, 0) is 88.6 Å². The van der Waals surface area contributed by atoms with Crippen LogP contribution >= 0.6 is 0 Å². The predicted molar refractivity (Wildman–Crippen MR) is 178 cm³/mol. The van der Waals surface area contributed by atoms with Crippen LogP contribution in [0.2, 0.25) is 0 Å². The van der Waals surface area contributed by atoms with Crippen LogP contribution in [0.3, 0.4) is 0 Å². The second kappa shape index (κ2) is 13.8. The van der Waals surface area contributed by atoms with Crippen LogP contribution in [0.1, 0.15) is 96.4 Å². The molecule has 3 aliphatic rings. The van der Waals surface area contributed by atoms with Gasteiger partial charge in [0.2, 0.25) is 11.9 Å². The molecule has 4 atom stereocenters. The molecule has 0 unspecified atom stereocenters. The van der Waals surface area contributed by atoms with E-state index < -0.39 is 89.1 Å². The summed E-state index contributed by atoms with van der Waals surface area (Å²) in [6.45, 7) is 20.1. The zero-order chi connectivity index (χ0) is 38.2. The summed E-state index contributed by atoms with van der Waals surface area (Å²) >= 11 is 0. The van der Waals surface area contributed by atoms with Gasteiger partial charge >= 0.3 is 30.3 Å². The van der Waals surface area contributed by atoms with E-state index in [2.05, 4.69) is 20.3 Å². The van der Waals surface area contributed by atoms with Gasteiger partial charge in [0.25, 0.3) is 0 Å². The number of ether oxygens (including phenoxy) is 5. The summed E-state index contributed by atoms with van der Waals surface area (Å²) < 4.78 is 28.3. The summed E-state index contributed by atoms with van der Waals surface area (Å²) in [6, 6.07) is -2.69. The average Bonchev–Trinajstić information content (AvgIpc) is 3.40. The Hall–Kier alpha value is -4.80. The third-order valence-electron chi connectivity index (χ3n) is 6.94. The first kappa shape index (κ1) is 39.6. The van der Waals surface area contributed by atoms with Crippen molar-refractivity contribution < 1.29 is 47.7 Å². The molecule has 1 N–H and O–H groups in total. The number of azide groups is 1. The van der Waals surface area contributed by atoms with Crippen molar-refractivity contribution in [1.82, 2.24) is 20.0 Å². The van der Waals surface area contributed by atoms with E-state index in [9.17, 15) is 29.5 Å². The lowest BCUT2D eigenvalue weighted by atomic mass is 9.86. The van der Waals surface area contributed by atoms with Crippen LogP contribution in [0.4, 0.5) is 19.2 Å². The van der Waals surface area contributed by atoms with E-state index in [1.165, 1.54) is 11.8 Å². The maximum absolute atomic E-state index is 14.3. The lowest BCUT2D eigenvalue weighted by molar-refractivity contribution is -0.158. The molecule has 0 aromatic rings. The van der Waals surface area contributed by atoms with E-state index in [0.717, 1.165) is 9.80 Å². The lowest BCUT2D eigenvalue weighted by Crippen LogP contribution is -2.79. The SMILES string of the molecule is CC(=O)O[C@H]1CCN2C(=NC(=O)OC(C)(C)C)N(C(=O)OC(C)(C)C)[C@@H](CN=[N+]=[N-])[C@@H]3N=C(NC(=O)OC(C)(C)C)N(C(=O)OC(C)(C)C)[C@@]132. The van der Waals surface area contributed by atoms with Gasteiger partial charge in [-0.25, -0.2) is 34.0 Å². The van der Waals surface area contributed by atoms with E-state index in [1.54, 1.807) is 83.1 Å². The van der Waals surface area contributed by atoms with Gasteiger partial charge < -0.3 is 28.6 Å². The third-order valence-corrected chi connectivity index (χ3v) is 6.94. The van der Waals surface area contributed by atoms with E-state index in [4.69, 9.17) is 28.7 Å². The fraction of sp³-hybridized carbons (Fsp3) is 0.774. The number of aliphatic imine (C=N–C) groups is 2. The average molecular weight is 708 g/mol. The van der Waals surface area contributed by atoms with Gasteiger partial charge in [-0.1, -0.05) is 5.11 Å². The molecular formula is C31H49N9O10. The molecule has 50 heavy (non-hydrogen) atoms. The number of carbonyl (C=O) groups is 5. The highest BCUT2D eigenvalue weighted by atomic mass is 16.6. The summed E-state index contributed by atoms with van der Waals surface area (Å²) in [4.78, 5) is 82.9. The van der Waals surface area contributed by atoms with Gasteiger partial charge in [0.1, 0.15) is 34.6 Å². The van der Waals surface area contributed by atoms with Crippen LogP contribution in [-0.2, 0) is 28.5 Å². The number of guanidine groups is 2. The molecule has 278 valence electrons. The molecule has 0 radical (unpaired) electrons. The number of rotatable bonds is 3. The highest BCUT2D eigenvalue weighted by molar-refractivity contribution is 6.07. The molecule has 0 aromatic carbocycles. The number of esters is 1. The molecule has 0 bridgehead atoms. The third kappa shape index (κ3) is 9.05. The summed E-state index contributed by atoms with van der Waals surface area (Å²) in [6.07, 6.45) is -5.35. The summed E-state index contributed by atoms with van der Waals surface area (Å²) in [5, 5.41) is 6.25. The Morgan fingerprint density at radius 2 is 1.42 bits per heavy atom. The van der Waals surface area contributed by atoms with Gasteiger partial charge in [-0.3, -0.25) is 10.1 Å². The maximum Gasteiger partial charge on any atom is 0.437 e. The van der Waals surface area contributed by atoms with Crippen molar-refractivity contribution in [2.45, 2.75) is 143 Å². The summed E-state index contributed by atoms with van der Waals surface area (Å²) in [5.41, 5.74) is 3.38. The molecule has 1 spiro atoms. The van der Waals surface area contributed by atoms with Crippen LogP contribution in [-0.4, -0.2) is 116 Å². The van der Waals surface area contributed by atoms with E-state index >= 15 is 0 Å². The van der Waals surface area contributed by atoms with Crippen LogP contribution in [0.15, 0.2) is 15.1 Å². The molecule has 0 aliphatic carbocycles. The number of hydrogen-bond donors (Lipinski definition) is 1. The van der Waals surface area contributed by atoms with Crippen molar-refractivity contribution in [3.63, 3.8) is 0 Å². The number of carbonyl (C=O) groups excluding carboxylic acids is 5. The van der Waals surface area contributed by atoms with Crippen molar-refractivity contribution in [3.8, 4) is 0 Å². The Balaban J connectivity index is 2.47. The Morgan fingerprint density at radius 3 is 1.92 bits per heavy atom. The monoisotopic (exact) mass is 707 g/mol. The van der Waals surface area contributed by atoms with E-state index in [1.807, 2.05) is 0 Å².